The number of hydrogen-bond acceptors (Lipinski definition) is 7. The van der Waals surface area contributed by atoms with Crippen LogP contribution in [0.5, 0.6) is 0 Å². The van der Waals surface area contributed by atoms with Crippen molar-refractivity contribution in [1.29, 1.82) is 5.26 Å². The molecule has 3 aromatic rings. The Hall–Kier alpha value is -3.68. The number of H-pyrrole nitrogens is 1. The van der Waals surface area contributed by atoms with E-state index in [1.807, 2.05) is 6.92 Å². The van der Waals surface area contributed by atoms with Gasteiger partial charge in [-0.05, 0) is 51.4 Å². The lowest BCUT2D eigenvalue weighted by molar-refractivity contribution is 0.0546. The summed E-state index contributed by atoms with van der Waals surface area (Å²) in [5, 5.41) is 22.4. The number of carbonyl (C=O) groups excluding carboxylic acids is 1. The first-order valence-corrected chi connectivity index (χ1v) is 11.7. The summed E-state index contributed by atoms with van der Waals surface area (Å²) in [5.74, 6) is 0.941. The van der Waals surface area contributed by atoms with Crippen molar-refractivity contribution in [1.82, 2.24) is 29.9 Å². The van der Waals surface area contributed by atoms with Crippen LogP contribution in [0.15, 0.2) is 18.5 Å². The van der Waals surface area contributed by atoms with Gasteiger partial charge in [-0.15, -0.1) is 0 Å². The molecule has 0 aromatic carbocycles. The van der Waals surface area contributed by atoms with Crippen molar-refractivity contribution < 1.29 is 13.9 Å². The van der Waals surface area contributed by atoms with Gasteiger partial charge in [0.15, 0.2) is 11.5 Å². The van der Waals surface area contributed by atoms with E-state index in [2.05, 4.69) is 36.9 Å². The number of nitrogens with one attached hydrogen (secondary N) is 3. The molecule has 3 aromatic heterocycles. The average Bonchev–Trinajstić information content (AvgIpc) is 3.63. The van der Waals surface area contributed by atoms with Crippen LogP contribution in [0.3, 0.4) is 0 Å². The van der Waals surface area contributed by atoms with E-state index in [1.165, 1.54) is 0 Å². The summed E-state index contributed by atoms with van der Waals surface area (Å²) in [6, 6.07) is 3.83. The molecule has 6 rings (SSSR count). The molecule has 10 nitrogen and oxygen atoms in total. The van der Waals surface area contributed by atoms with Gasteiger partial charge in [-0.3, -0.25) is 9.50 Å². The topological polar surface area (TPSA) is 133 Å². The van der Waals surface area contributed by atoms with Crippen LogP contribution in [-0.4, -0.2) is 48.5 Å². The fourth-order valence-corrected chi connectivity index (χ4v) is 4.63. The van der Waals surface area contributed by atoms with Crippen molar-refractivity contribution >= 4 is 23.5 Å². The molecule has 176 valence electrons. The third-order valence-electron chi connectivity index (χ3n) is 7.05. The maximum absolute atomic E-state index is 15.1. The molecule has 0 spiro atoms. The number of anilines is 2. The van der Waals surface area contributed by atoms with E-state index < -0.39 is 24.3 Å². The third kappa shape index (κ3) is 3.83. The zero-order valence-corrected chi connectivity index (χ0v) is 18.7. The standard InChI is InChI=1S/C23H25FN8O2/c1-23(6-7-23)29-22(33)34-17-5-4-14(19(17)24)16-8-18(31-30-16)28-21-26-10-15(12-2-3-12)20-27-13(9-25)11-32(20)21/h8,10-12,14,17,19H,2-7H2,1H3,(H,29,33)(H2,26,28,30,31)/t14-,17-,19-/m0/s1. The molecule has 3 saturated carbocycles. The van der Waals surface area contributed by atoms with Crippen LogP contribution < -0.4 is 10.6 Å². The number of aromatic amines is 1. The molecule has 34 heavy (non-hydrogen) atoms. The lowest BCUT2D eigenvalue weighted by atomic mass is 10.0. The zero-order chi connectivity index (χ0) is 23.4. The highest BCUT2D eigenvalue weighted by molar-refractivity contribution is 5.69. The van der Waals surface area contributed by atoms with E-state index in [0.29, 0.717) is 47.6 Å². The SMILES string of the molecule is CC1(NC(=O)O[C@H]2CC[C@@H](c3cc(Nc4ncc(C5CC5)c5nc(C#N)cn45)n[nH]3)[C@@H]2F)CC1. The van der Waals surface area contributed by atoms with Gasteiger partial charge in [-0.2, -0.15) is 10.4 Å². The van der Waals surface area contributed by atoms with Crippen molar-refractivity contribution in [3.8, 4) is 6.07 Å². The first kappa shape index (κ1) is 20.9. The van der Waals surface area contributed by atoms with Gasteiger partial charge in [-0.25, -0.2) is 19.2 Å². The van der Waals surface area contributed by atoms with Gasteiger partial charge in [0.1, 0.15) is 24.0 Å². The molecular formula is C23H25FN8O2. The van der Waals surface area contributed by atoms with Gasteiger partial charge >= 0.3 is 6.09 Å². The predicted molar refractivity (Wildman–Crippen MR) is 119 cm³/mol. The minimum absolute atomic E-state index is 0.204. The summed E-state index contributed by atoms with van der Waals surface area (Å²) < 4.78 is 22.3. The Morgan fingerprint density at radius 1 is 1.35 bits per heavy atom. The molecule has 0 saturated heterocycles. The number of alkyl halides is 1. The van der Waals surface area contributed by atoms with Crippen LogP contribution in [0.25, 0.3) is 5.65 Å². The normalized spacial score (nSPS) is 25.1. The van der Waals surface area contributed by atoms with Gasteiger partial charge in [0, 0.05) is 35.0 Å². The molecule has 3 aliphatic carbocycles. The highest BCUT2D eigenvalue weighted by Gasteiger charge is 2.43. The van der Waals surface area contributed by atoms with Crippen LogP contribution in [0, 0.1) is 11.3 Å². The molecule has 3 aliphatic rings. The van der Waals surface area contributed by atoms with E-state index in [0.717, 1.165) is 31.2 Å². The number of amides is 1. The van der Waals surface area contributed by atoms with Crippen LogP contribution in [0.1, 0.15) is 74.2 Å². The molecule has 0 unspecified atom stereocenters. The van der Waals surface area contributed by atoms with Crippen molar-refractivity contribution in [3.63, 3.8) is 0 Å². The number of fused-ring (bicyclic) bond motifs is 1. The van der Waals surface area contributed by atoms with Gasteiger partial charge in [0.25, 0.3) is 0 Å². The molecular weight excluding hydrogens is 439 g/mol. The van der Waals surface area contributed by atoms with Crippen LogP contribution >= 0.6 is 0 Å². The number of alkyl carbamates (subject to hydrolysis) is 1. The highest BCUT2D eigenvalue weighted by Crippen LogP contribution is 2.42. The van der Waals surface area contributed by atoms with E-state index in [-0.39, 0.29) is 5.54 Å². The second-order valence-corrected chi connectivity index (χ2v) is 9.83. The number of aromatic nitrogens is 5. The monoisotopic (exact) mass is 464 g/mol. The minimum atomic E-state index is -1.32. The van der Waals surface area contributed by atoms with E-state index in [1.54, 1.807) is 22.9 Å². The molecule has 0 radical (unpaired) electrons. The molecule has 3 fully saturated rings. The number of hydrogen-bond donors (Lipinski definition) is 3. The summed E-state index contributed by atoms with van der Waals surface area (Å²) >= 11 is 0. The van der Waals surface area contributed by atoms with Gasteiger partial charge < -0.3 is 15.4 Å². The van der Waals surface area contributed by atoms with Gasteiger partial charge in [0.05, 0.1) is 6.20 Å². The number of rotatable bonds is 6. The number of nitrogens with zero attached hydrogens (tertiary/aromatic N) is 5. The van der Waals surface area contributed by atoms with Crippen LogP contribution in [0.2, 0.25) is 0 Å². The Morgan fingerprint density at radius 2 is 2.18 bits per heavy atom. The van der Waals surface area contributed by atoms with Crippen molar-refractivity contribution in [2.45, 2.75) is 75.1 Å². The fourth-order valence-electron chi connectivity index (χ4n) is 4.63. The quantitative estimate of drug-likeness (QED) is 0.505. The van der Waals surface area contributed by atoms with Gasteiger partial charge in [0.2, 0.25) is 5.95 Å². The van der Waals surface area contributed by atoms with E-state index in [4.69, 9.17) is 4.74 Å². The van der Waals surface area contributed by atoms with Crippen LogP contribution in [-0.2, 0) is 4.74 Å². The maximum Gasteiger partial charge on any atom is 0.407 e. The highest BCUT2D eigenvalue weighted by atomic mass is 19.1. The van der Waals surface area contributed by atoms with E-state index in [9.17, 15) is 10.1 Å². The molecule has 3 atom stereocenters. The molecule has 3 heterocycles. The number of ether oxygens (including phenoxy) is 1. The van der Waals surface area contributed by atoms with Crippen molar-refractivity contribution in [2.75, 3.05) is 5.32 Å². The Kier molecular flexibility index (Phi) is 4.72. The number of carbonyl (C=O) groups is 1. The molecule has 1 amide bonds. The fraction of sp³-hybridized carbons (Fsp3) is 0.522. The second-order valence-electron chi connectivity index (χ2n) is 9.83. The number of halogens is 1. The summed E-state index contributed by atoms with van der Waals surface area (Å²) in [6.45, 7) is 1.95. The maximum atomic E-state index is 15.1. The Balaban J connectivity index is 1.16. The second kappa shape index (κ2) is 7.68. The Labute approximate surface area is 194 Å². The number of nitriles is 1. The predicted octanol–water partition coefficient (Wildman–Crippen LogP) is 3.81. The Morgan fingerprint density at radius 3 is 2.91 bits per heavy atom. The molecule has 11 heteroatoms. The molecule has 3 N–H and O–H groups in total. The molecule has 0 aliphatic heterocycles. The summed E-state index contributed by atoms with van der Waals surface area (Å²) in [5.41, 5.74) is 2.49. The number of imidazole rings is 1. The largest absolute Gasteiger partial charge is 0.443 e. The lowest BCUT2D eigenvalue weighted by Gasteiger charge is -2.19. The first-order chi connectivity index (χ1) is 16.4. The summed E-state index contributed by atoms with van der Waals surface area (Å²) in [4.78, 5) is 21.0. The van der Waals surface area contributed by atoms with Crippen LogP contribution in [0.4, 0.5) is 21.0 Å². The lowest BCUT2D eigenvalue weighted by Crippen LogP contribution is -2.38. The Bertz CT molecular complexity index is 1300. The van der Waals surface area contributed by atoms with Crippen molar-refractivity contribution in [3.05, 3.63) is 35.4 Å². The van der Waals surface area contributed by atoms with E-state index >= 15 is 4.39 Å². The van der Waals surface area contributed by atoms with Crippen molar-refractivity contribution in [2.24, 2.45) is 0 Å². The minimum Gasteiger partial charge on any atom is -0.443 e. The van der Waals surface area contributed by atoms with Gasteiger partial charge in [-0.1, -0.05) is 0 Å². The zero-order valence-electron chi connectivity index (χ0n) is 18.7. The molecule has 0 bridgehead atoms. The smallest absolute Gasteiger partial charge is 0.407 e. The summed E-state index contributed by atoms with van der Waals surface area (Å²) in [6.07, 6.45) is 5.81. The third-order valence-corrected chi connectivity index (χ3v) is 7.05. The average molecular weight is 465 g/mol. The first-order valence-electron chi connectivity index (χ1n) is 11.7. The summed E-state index contributed by atoms with van der Waals surface area (Å²) in [7, 11) is 0.